The van der Waals surface area contributed by atoms with Gasteiger partial charge in [-0.05, 0) is 30.2 Å². The third-order valence-corrected chi connectivity index (χ3v) is 3.25. The fourth-order valence-electron chi connectivity index (χ4n) is 2.04. The summed E-state index contributed by atoms with van der Waals surface area (Å²) in [6, 6.07) is 9.84. The van der Waals surface area contributed by atoms with Crippen molar-refractivity contribution >= 4 is 5.78 Å². The van der Waals surface area contributed by atoms with E-state index in [1.807, 2.05) is 0 Å². The Hall–Kier alpha value is -2.14. The molecule has 0 aliphatic carbocycles. The molecule has 21 heavy (non-hydrogen) atoms. The molecule has 0 aliphatic heterocycles. The minimum atomic E-state index is -4.41. The van der Waals surface area contributed by atoms with Gasteiger partial charge >= 0.3 is 6.18 Å². The topological polar surface area (TPSA) is 43.1 Å². The second kappa shape index (κ2) is 5.69. The van der Waals surface area contributed by atoms with E-state index in [0.717, 1.165) is 17.7 Å². The van der Waals surface area contributed by atoms with Crippen molar-refractivity contribution in [3.8, 4) is 0 Å². The lowest BCUT2D eigenvalue weighted by Crippen LogP contribution is -2.09. The molecule has 0 atom stereocenters. The SMILES string of the molecule is Cc1cc(C(F)(F)F)ccc1C(=O)c1ccc(CN)cc1. The van der Waals surface area contributed by atoms with Gasteiger partial charge in [0.2, 0.25) is 0 Å². The Morgan fingerprint density at radius 1 is 1.10 bits per heavy atom. The molecule has 0 saturated carbocycles. The summed E-state index contributed by atoms with van der Waals surface area (Å²) in [4.78, 5) is 12.3. The number of halogens is 3. The summed E-state index contributed by atoms with van der Waals surface area (Å²) >= 11 is 0. The van der Waals surface area contributed by atoms with E-state index in [1.54, 1.807) is 24.3 Å². The summed E-state index contributed by atoms with van der Waals surface area (Å²) in [5.41, 5.74) is 6.60. The normalized spacial score (nSPS) is 11.5. The van der Waals surface area contributed by atoms with Crippen LogP contribution >= 0.6 is 0 Å². The van der Waals surface area contributed by atoms with Gasteiger partial charge in [0.1, 0.15) is 0 Å². The minimum absolute atomic E-state index is 0.267. The fourth-order valence-corrected chi connectivity index (χ4v) is 2.04. The Morgan fingerprint density at radius 3 is 2.19 bits per heavy atom. The lowest BCUT2D eigenvalue weighted by molar-refractivity contribution is -0.137. The van der Waals surface area contributed by atoms with Crippen LogP contribution in [0.2, 0.25) is 0 Å². The van der Waals surface area contributed by atoms with Gasteiger partial charge in [-0.3, -0.25) is 4.79 Å². The summed E-state index contributed by atoms with van der Waals surface area (Å²) in [7, 11) is 0. The van der Waals surface area contributed by atoms with Gasteiger partial charge in [-0.15, -0.1) is 0 Å². The van der Waals surface area contributed by atoms with E-state index < -0.39 is 11.7 Å². The Bertz CT molecular complexity index is 660. The predicted octanol–water partition coefficient (Wildman–Crippen LogP) is 3.70. The first kappa shape index (κ1) is 15.3. The molecule has 0 bridgehead atoms. The summed E-state index contributed by atoms with van der Waals surface area (Å²) in [5.74, 6) is -0.301. The van der Waals surface area contributed by atoms with Gasteiger partial charge in [-0.2, -0.15) is 13.2 Å². The maximum Gasteiger partial charge on any atom is 0.416 e. The number of hydrogen-bond donors (Lipinski definition) is 1. The summed E-state index contributed by atoms with van der Waals surface area (Å²) in [5, 5.41) is 0. The lowest BCUT2D eigenvalue weighted by Gasteiger charge is -2.10. The van der Waals surface area contributed by atoms with Crippen molar-refractivity contribution < 1.29 is 18.0 Å². The van der Waals surface area contributed by atoms with Crippen molar-refractivity contribution in [3.63, 3.8) is 0 Å². The number of carbonyl (C=O) groups is 1. The van der Waals surface area contributed by atoms with Crippen LogP contribution in [0.1, 0.15) is 32.6 Å². The van der Waals surface area contributed by atoms with Crippen LogP contribution in [0.5, 0.6) is 0 Å². The van der Waals surface area contributed by atoms with Crippen LogP contribution in [0.4, 0.5) is 13.2 Å². The number of rotatable bonds is 3. The molecule has 0 radical (unpaired) electrons. The molecule has 0 unspecified atom stereocenters. The zero-order valence-electron chi connectivity index (χ0n) is 11.4. The second-order valence-electron chi connectivity index (χ2n) is 4.76. The first-order valence-electron chi connectivity index (χ1n) is 6.34. The van der Waals surface area contributed by atoms with Crippen LogP contribution in [-0.2, 0) is 12.7 Å². The Kier molecular flexibility index (Phi) is 4.14. The van der Waals surface area contributed by atoms with Crippen molar-refractivity contribution in [2.24, 2.45) is 5.73 Å². The molecule has 2 aromatic carbocycles. The van der Waals surface area contributed by atoms with Gasteiger partial charge in [-0.25, -0.2) is 0 Å². The van der Waals surface area contributed by atoms with Gasteiger partial charge in [-0.1, -0.05) is 30.3 Å². The first-order valence-corrected chi connectivity index (χ1v) is 6.34. The third-order valence-electron chi connectivity index (χ3n) is 3.25. The van der Waals surface area contributed by atoms with E-state index >= 15 is 0 Å². The standard InChI is InChI=1S/C16H14F3NO/c1-10-8-13(16(17,18)19)6-7-14(10)15(21)12-4-2-11(9-20)3-5-12/h2-8H,9,20H2,1H3. The molecule has 0 amide bonds. The third kappa shape index (κ3) is 3.31. The van der Waals surface area contributed by atoms with Crippen LogP contribution in [0.3, 0.4) is 0 Å². The average Bonchev–Trinajstić information content (AvgIpc) is 2.45. The number of hydrogen-bond acceptors (Lipinski definition) is 2. The molecule has 0 heterocycles. The number of nitrogens with two attached hydrogens (primary N) is 1. The maximum absolute atomic E-state index is 12.6. The number of alkyl halides is 3. The zero-order valence-corrected chi connectivity index (χ0v) is 11.4. The van der Waals surface area contributed by atoms with E-state index in [0.29, 0.717) is 17.7 Å². The van der Waals surface area contributed by atoms with Gasteiger partial charge < -0.3 is 5.73 Å². The summed E-state index contributed by atoms with van der Waals surface area (Å²) in [6.07, 6.45) is -4.41. The van der Waals surface area contributed by atoms with E-state index in [9.17, 15) is 18.0 Å². The number of carbonyl (C=O) groups excluding carboxylic acids is 1. The van der Waals surface area contributed by atoms with Gasteiger partial charge in [0, 0.05) is 17.7 Å². The van der Waals surface area contributed by atoms with Crippen LogP contribution in [0.25, 0.3) is 0 Å². The smallest absolute Gasteiger partial charge is 0.326 e. The summed E-state index contributed by atoms with van der Waals surface area (Å²) in [6.45, 7) is 1.87. The van der Waals surface area contributed by atoms with Crippen LogP contribution < -0.4 is 5.73 Å². The Balaban J connectivity index is 2.35. The van der Waals surface area contributed by atoms with E-state index in [1.165, 1.54) is 13.0 Å². The van der Waals surface area contributed by atoms with Gasteiger partial charge in [0.25, 0.3) is 0 Å². The fraction of sp³-hybridized carbons (Fsp3) is 0.188. The highest BCUT2D eigenvalue weighted by Crippen LogP contribution is 2.30. The first-order chi connectivity index (χ1) is 9.82. The molecule has 2 aromatic rings. The Morgan fingerprint density at radius 2 is 1.71 bits per heavy atom. The highest BCUT2D eigenvalue weighted by molar-refractivity contribution is 6.09. The molecule has 2 N–H and O–H groups in total. The van der Waals surface area contributed by atoms with Crippen LogP contribution in [0.15, 0.2) is 42.5 Å². The lowest BCUT2D eigenvalue weighted by atomic mass is 9.96. The van der Waals surface area contributed by atoms with Crippen molar-refractivity contribution in [2.75, 3.05) is 0 Å². The highest BCUT2D eigenvalue weighted by atomic mass is 19.4. The molecule has 110 valence electrons. The molecular formula is C16H14F3NO. The van der Waals surface area contributed by atoms with Gasteiger partial charge in [0.05, 0.1) is 5.56 Å². The molecule has 0 fully saturated rings. The zero-order chi connectivity index (χ0) is 15.6. The van der Waals surface area contributed by atoms with Gasteiger partial charge in [0.15, 0.2) is 5.78 Å². The molecule has 2 rings (SSSR count). The molecule has 0 aliphatic rings. The predicted molar refractivity (Wildman–Crippen MR) is 73.9 cm³/mol. The van der Waals surface area contributed by atoms with E-state index in [2.05, 4.69) is 0 Å². The highest BCUT2D eigenvalue weighted by Gasteiger charge is 2.31. The van der Waals surface area contributed by atoms with Crippen molar-refractivity contribution in [1.29, 1.82) is 0 Å². The quantitative estimate of drug-likeness (QED) is 0.877. The van der Waals surface area contributed by atoms with Crippen LogP contribution in [0, 0.1) is 6.92 Å². The molecule has 0 spiro atoms. The van der Waals surface area contributed by atoms with Crippen molar-refractivity contribution in [1.82, 2.24) is 0 Å². The number of benzene rings is 2. The number of aryl methyl sites for hydroxylation is 1. The molecule has 5 heteroatoms. The van der Waals surface area contributed by atoms with Crippen molar-refractivity contribution in [2.45, 2.75) is 19.6 Å². The molecule has 0 aromatic heterocycles. The minimum Gasteiger partial charge on any atom is -0.326 e. The Labute approximate surface area is 120 Å². The van der Waals surface area contributed by atoms with E-state index in [4.69, 9.17) is 5.73 Å². The monoisotopic (exact) mass is 293 g/mol. The average molecular weight is 293 g/mol. The maximum atomic E-state index is 12.6. The molecule has 2 nitrogen and oxygen atoms in total. The molecule has 0 saturated heterocycles. The van der Waals surface area contributed by atoms with E-state index in [-0.39, 0.29) is 11.3 Å². The second-order valence-corrected chi connectivity index (χ2v) is 4.76. The molecular weight excluding hydrogens is 279 g/mol. The van der Waals surface area contributed by atoms with Crippen LogP contribution in [-0.4, -0.2) is 5.78 Å². The number of ketones is 1. The summed E-state index contributed by atoms with van der Waals surface area (Å²) < 4.78 is 37.8. The largest absolute Gasteiger partial charge is 0.416 e. The van der Waals surface area contributed by atoms with Crippen molar-refractivity contribution in [3.05, 3.63) is 70.3 Å².